The van der Waals surface area contributed by atoms with E-state index >= 15 is 0 Å². The number of nitriles is 1. The van der Waals surface area contributed by atoms with Crippen LogP contribution in [-0.4, -0.2) is 22.1 Å². The fourth-order valence-electron chi connectivity index (χ4n) is 2.95. The van der Waals surface area contributed by atoms with Crippen LogP contribution in [0.25, 0.3) is 33.5 Å². The number of aromatic nitrogens is 3. The van der Waals surface area contributed by atoms with Gasteiger partial charge < -0.3 is 9.72 Å². The summed E-state index contributed by atoms with van der Waals surface area (Å²) in [7, 11) is 1.56. The zero-order valence-corrected chi connectivity index (χ0v) is 15.5. The molecule has 0 aliphatic carbocycles. The number of aromatic amines is 1. The van der Waals surface area contributed by atoms with Crippen molar-refractivity contribution < 1.29 is 4.74 Å². The van der Waals surface area contributed by atoms with Gasteiger partial charge in [0.1, 0.15) is 22.5 Å². The average molecular weight is 389 g/mol. The molecule has 7 heteroatoms. The molecule has 6 nitrogen and oxygen atoms in total. The molecule has 0 amide bonds. The van der Waals surface area contributed by atoms with E-state index < -0.39 is 0 Å². The number of halogens is 1. The van der Waals surface area contributed by atoms with Crippen molar-refractivity contribution in [3.63, 3.8) is 0 Å². The SMILES string of the molecule is COc1cccc2cc(/C=C(\C#N)c3nc4ccccc4c(=O)[nH]3)c(Cl)nc12. The number of hydrogen-bond acceptors (Lipinski definition) is 5. The van der Waals surface area contributed by atoms with Gasteiger partial charge in [0.05, 0.1) is 23.6 Å². The van der Waals surface area contributed by atoms with Crippen LogP contribution < -0.4 is 10.3 Å². The minimum atomic E-state index is -0.311. The third-order valence-corrected chi connectivity index (χ3v) is 4.60. The van der Waals surface area contributed by atoms with Gasteiger partial charge in [0.25, 0.3) is 5.56 Å². The van der Waals surface area contributed by atoms with Gasteiger partial charge in [-0.15, -0.1) is 0 Å². The molecule has 2 aromatic carbocycles. The number of nitrogens with zero attached hydrogens (tertiary/aromatic N) is 3. The number of pyridine rings is 1. The van der Waals surface area contributed by atoms with Crippen molar-refractivity contribution in [1.29, 1.82) is 5.26 Å². The fourth-order valence-corrected chi connectivity index (χ4v) is 3.15. The van der Waals surface area contributed by atoms with Crippen molar-refractivity contribution in [1.82, 2.24) is 15.0 Å². The van der Waals surface area contributed by atoms with Crippen molar-refractivity contribution in [3.05, 3.63) is 75.4 Å². The number of rotatable bonds is 3. The first-order valence-electron chi connectivity index (χ1n) is 8.35. The predicted octanol–water partition coefficient (Wildman–Crippen LogP) is 4.20. The van der Waals surface area contributed by atoms with Crippen LogP contribution in [0.15, 0.2) is 53.3 Å². The van der Waals surface area contributed by atoms with E-state index in [9.17, 15) is 10.1 Å². The van der Waals surface area contributed by atoms with Crippen LogP contribution in [0.1, 0.15) is 11.4 Å². The highest BCUT2D eigenvalue weighted by Gasteiger charge is 2.12. The number of H-pyrrole nitrogens is 1. The first-order valence-corrected chi connectivity index (χ1v) is 8.73. The summed E-state index contributed by atoms with van der Waals surface area (Å²) in [6.07, 6.45) is 1.56. The van der Waals surface area contributed by atoms with E-state index in [0.29, 0.717) is 27.7 Å². The molecule has 0 saturated carbocycles. The number of fused-ring (bicyclic) bond motifs is 2. The molecule has 0 bridgehead atoms. The van der Waals surface area contributed by atoms with E-state index in [1.807, 2.05) is 18.2 Å². The van der Waals surface area contributed by atoms with E-state index in [2.05, 4.69) is 21.0 Å². The third kappa shape index (κ3) is 3.08. The Morgan fingerprint density at radius 3 is 2.82 bits per heavy atom. The second-order valence-corrected chi connectivity index (χ2v) is 6.36. The maximum atomic E-state index is 12.3. The van der Waals surface area contributed by atoms with Crippen LogP contribution in [0.4, 0.5) is 0 Å². The average Bonchev–Trinajstić information content (AvgIpc) is 2.71. The monoisotopic (exact) mass is 388 g/mol. The molecule has 28 heavy (non-hydrogen) atoms. The highest BCUT2D eigenvalue weighted by Crippen LogP contribution is 2.29. The lowest BCUT2D eigenvalue weighted by atomic mass is 10.1. The number of para-hydroxylation sites is 2. The number of ether oxygens (including phenoxy) is 1. The minimum absolute atomic E-state index is 0.174. The van der Waals surface area contributed by atoms with Crippen molar-refractivity contribution >= 4 is 45.1 Å². The Morgan fingerprint density at radius 1 is 1.21 bits per heavy atom. The molecule has 0 fully saturated rings. The van der Waals surface area contributed by atoms with Crippen molar-refractivity contribution in [2.45, 2.75) is 0 Å². The molecule has 0 saturated heterocycles. The zero-order chi connectivity index (χ0) is 19.7. The lowest BCUT2D eigenvalue weighted by Gasteiger charge is -2.07. The molecule has 1 N–H and O–H groups in total. The van der Waals surface area contributed by atoms with Crippen LogP contribution in [0.3, 0.4) is 0 Å². The topological polar surface area (TPSA) is 91.7 Å². The molecule has 136 valence electrons. The van der Waals surface area contributed by atoms with Crippen LogP contribution in [-0.2, 0) is 0 Å². The zero-order valence-electron chi connectivity index (χ0n) is 14.7. The summed E-state index contributed by atoms with van der Waals surface area (Å²) in [4.78, 5) is 23.7. The lowest BCUT2D eigenvalue weighted by molar-refractivity contribution is 0.419. The summed E-state index contributed by atoms with van der Waals surface area (Å²) in [5, 5.41) is 11.1. The normalized spacial score (nSPS) is 11.5. The first kappa shape index (κ1) is 17.7. The summed E-state index contributed by atoms with van der Waals surface area (Å²) < 4.78 is 5.31. The Labute approximate surface area is 164 Å². The fraction of sp³-hybridized carbons (Fsp3) is 0.0476. The Morgan fingerprint density at radius 2 is 2.04 bits per heavy atom. The van der Waals surface area contributed by atoms with Gasteiger partial charge in [-0.05, 0) is 30.3 Å². The summed E-state index contributed by atoms with van der Waals surface area (Å²) in [6, 6.07) is 16.3. The first-order chi connectivity index (χ1) is 13.6. The molecule has 2 aromatic heterocycles. The van der Waals surface area contributed by atoms with Crippen LogP contribution in [0, 0.1) is 11.3 Å². The van der Waals surface area contributed by atoms with Gasteiger partial charge in [-0.3, -0.25) is 4.79 Å². The number of allylic oxidation sites excluding steroid dienone is 1. The molecular formula is C21H13ClN4O2. The van der Waals surface area contributed by atoms with Gasteiger partial charge in [-0.2, -0.15) is 5.26 Å². The number of methoxy groups -OCH3 is 1. The van der Waals surface area contributed by atoms with E-state index in [-0.39, 0.29) is 22.1 Å². The smallest absolute Gasteiger partial charge is 0.259 e. The van der Waals surface area contributed by atoms with Crippen molar-refractivity contribution in [2.75, 3.05) is 7.11 Å². The largest absolute Gasteiger partial charge is 0.494 e. The van der Waals surface area contributed by atoms with Gasteiger partial charge in [-0.1, -0.05) is 35.9 Å². The molecule has 0 aliphatic rings. The summed E-state index contributed by atoms with van der Waals surface area (Å²) in [5.74, 6) is 0.781. The minimum Gasteiger partial charge on any atom is -0.494 e. The molecule has 0 atom stereocenters. The molecule has 4 rings (SSSR count). The molecule has 0 aliphatic heterocycles. The maximum absolute atomic E-state index is 12.3. The summed E-state index contributed by atoms with van der Waals surface area (Å²) >= 11 is 6.33. The standard InChI is InChI=1S/C21H13ClN4O2/c1-28-17-8-4-5-12-9-13(19(22)25-18(12)17)10-14(11-23)20-24-16-7-3-2-6-15(16)21(27)26-20/h2-10H,1H3,(H,24,26,27)/b14-10+. The quantitative estimate of drug-likeness (QED) is 0.419. The Hall–Kier alpha value is -3.69. The van der Waals surface area contributed by atoms with E-state index in [1.54, 1.807) is 43.5 Å². The van der Waals surface area contributed by atoms with Crippen LogP contribution >= 0.6 is 11.6 Å². The van der Waals surface area contributed by atoms with Gasteiger partial charge in [0.15, 0.2) is 5.82 Å². The van der Waals surface area contributed by atoms with E-state index in [1.165, 1.54) is 0 Å². The van der Waals surface area contributed by atoms with Crippen molar-refractivity contribution in [3.8, 4) is 11.8 Å². The lowest BCUT2D eigenvalue weighted by Crippen LogP contribution is -2.11. The molecule has 4 aromatic rings. The number of benzene rings is 2. The molecule has 0 radical (unpaired) electrons. The van der Waals surface area contributed by atoms with Crippen LogP contribution in [0.2, 0.25) is 5.15 Å². The Balaban J connectivity index is 1.88. The Kier molecular flexibility index (Phi) is 4.52. The third-order valence-electron chi connectivity index (χ3n) is 4.30. The van der Waals surface area contributed by atoms with Gasteiger partial charge in [-0.25, -0.2) is 9.97 Å². The Bertz CT molecular complexity index is 1350. The van der Waals surface area contributed by atoms with Gasteiger partial charge in [0, 0.05) is 10.9 Å². The predicted molar refractivity (Wildman–Crippen MR) is 109 cm³/mol. The molecule has 2 heterocycles. The van der Waals surface area contributed by atoms with E-state index in [0.717, 1.165) is 5.39 Å². The second-order valence-electron chi connectivity index (χ2n) is 6.00. The maximum Gasteiger partial charge on any atom is 0.259 e. The van der Waals surface area contributed by atoms with Crippen molar-refractivity contribution in [2.24, 2.45) is 0 Å². The van der Waals surface area contributed by atoms with Crippen LogP contribution in [0.5, 0.6) is 5.75 Å². The molecule has 0 spiro atoms. The summed E-state index contributed by atoms with van der Waals surface area (Å²) in [5.41, 5.74) is 1.54. The number of hydrogen-bond donors (Lipinski definition) is 1. The highest BCUT2D eigenvalue weighted by molar-refractivity contribution is 6.31. The highest BCUT2D eigenvalue weighted by atomic mass is 35.5. The van der Waals surface area contributed by atoms with E-state index in [4.69, 9.17) is 16.3 Å². The second kappa shape index (κ2) is 7.14. The summed E-state index contributed by atoms with van der Waals surface area (Å²) in [6.45, 7) is 0. The van der Waals surface area contributed by atoms with Gasteiger partial charge in [0.2, 0.25) is 0 Å². The van der Waals surface area contributed by atoms with Gasteiger partial charge >= 0.3 is 0 Å². The molecular weight excluding hydrogens is 376 g/mol. The molecule has 0 unspecified atom stereocenters. The number of nitrogens with one attached hydrogen (secondary N) is 1.